The highest BCUT2D eigenvalue weighted by molar-refractivity contribution is 4.81. The van der Waals surface area contributed by atoms with Crippen LogP contribution in [-0.2, 0) is 0 Å². The summed E-state index contributed by atoms with van der Waals surface area (Å²) in [6, 6.07) is 0. The third-order valence-corrected chi connectivity index (χ3v) is 1.62. The molecule has 6 nitrogen and oxygen atoms in total. The molecule has 0 rings (SSSR count). The molecule has 0 aromatic carbocycles. The fraction of sp³-hybridized carbons (Fsp3) is 1.00. The molecule has 0 spiro atoms. The van der Waals surface area contributed by atoms with Gasteiger partial charge in [0.1, 0.15) is 12.2 Å². The van der Waals surface area contributed by atoms with Crippen LogP contribution in [0.15, 0.2) is 0 Å². The highest BCUT2D eigenvalue weighted by Gasteiger charge is 2.28. The van der Waals surface area contributed by atoms with Crippen LogP contribution in [0.25, 0.3) is 0 Å². The normalized spacial score (nSPS) is 21.5. The zero-order valence-corrected chi connectivity index (χ0v) is 6.67. The van der Waals surface area contributed by atoms with Crippen molar-refractivity contribution < 1.29 is 20.4 Å². The highest BCUT2D eigenvalue weighted by atomic mass is 16.4. The summed E-state index contributed by atoms with van der Waals surface area (Å²) in [4.78, 5) is 0. The monoisotopic (exact) mass is 180 g/mol. The van der Waals surface area contributed by atoms with Crippen LogP contribution in [0.4, 0.5) is 0 Å². The van der Waals surface area contributed by atoms with Crippen molar-refractivity contribution in [2.75, 3.05) is 13.1 Å². The Labute approximate surface area is 70.4 Å². The van der Waals surface area contributed by atoms with E-state index in [2.05, 4.69) is 0 Å². The van der Waals surface area contributed by atoms with Gasteiger partial charge in [-0.15, -0.1) is 0 Å². The second-order valence-corrected chi connectivity index (χ2v) is 2.59. The molecule has 0 radical (unpaired) electrons. The van der Waals surface area contributed by atoms with E-state index in [1.54, 1.807) is 0 Å². The van der Waals surface area contributed by atoms with E-state index in [1.807, 2.05) is 0 Å². The number of hydrogen-bond acceptors (Lipinski definition) is 6. The lowest BCUT2D eigenvalue weighted by Gasteiger charge is -2.24. The first-order valence-corrected chi connectivity index (χ1v) is 3.67. The van der Waals surface area contributed by atoms with Gasteiger partial charge >= 0.3 is 0 Å². The minimum absolute atomic E-state index is 0.185. The standard InChI is InChI=1S/C6H16N2O4/c7-1-3(9)5(11)6(12)4(10)2-8/h3-6,9-12H,1-2,7-8H2/t3-,4-,5-,6-/m1/s1. The quantitative estimate of drug-likeness (QED) is 0.258. The Bertz CT molecular complexity index is 110. The summed E-state index contributed by atoms with van der Waals surface area (Å²) >= 11 is 0. The van der Waals surface area contributed by atoms with E-state index in [9.17, 15) is 0 Å². The number of aliphatic hydroxyl groups is 4. The van der Waals surface area contributed by atoms with Crippen LogP contribution >= 0.6 is 0 Å². The van der Waals surface area contributed by atoms with Gasteiger partial charge in [-0.25, -0.2) is 0 Å². The Morgan fingerprint density at radius 2 is 1.00 bits per heavy atom. The molecule has 0 bridgehead atoms. The summed E-state index contributed by atoms with van der Waals surface area (Å²) in [6.45, 7) is -0.370. The van der Waals surface area contributed by atoms with Crippen molar-refractivity contribution in [1.29, 1.82) is 0 Å². The molecule has 0 fully saturated rings. The van der Waals surface area contributed by atoms with E-state index in [0.29, 0.717) is 0 Å². The molecule has 0 aromatic heterocycles. The average Bonchev–Trinajstić information content (AvgIpc) is 2.12. The molecule has 74 valence electrons. The Hall–Kier alpha value is -0.240. The molecule has 0 aromatic rings. The average molecular weight is 180 g/mol. The molecule has 0 aliphatic carbocycles. The van der Waals surface area contributed by atoms with Gasteiger partial charge in [0, 0.05) is 13.1 Å². The van der Waals surface area contributed by atoms with E-state index < -0.39 is 24.4 Å². The Morgan fingerprint density at radius 3 is 1.17 bits per heavy atom. The molecular formula is C6H16N2O4. The molecular weight excluding hydrogens is 164 g/mol. The molecule has 0 amide bonds. The zero-order chi connectivity index (χ0) is 9.72. The minimum atomic E-state index is -1.46. The molecule has 8 N–H and O–H groups in total. The molecule has 6 heteroatoms. The van der Waals surface area contributed by atoms with Gasteiger partial charge in [-0.3, -0.25) is 0 Å². The molecule has 0 aliphatic heterocycles. The molecule has 12 heavy (non-hydrogen) atoms. The largest absolute Gasteiger partial charge is 0.389 e. The Balaban J connectivity index is 3.99. The lowest BCUT2D eigenvalue weighted by molar-refractivity contribution is -0.0990. The van der Waals surface area contributed by atoms with E-state index >= 15 is 0 Å². The van der Waals surface area contributed by atoms with Crippen molar-refractivity contribution in [3.05, 3.63) is 0 Å². The third kappa shape index (κ3) is 3.02. The molecule has 0 aliphatic rings. The van der Waals surface area contributed by atoms with Crippen LogP contribution in [0.5, 0.6) is 0 Å². The maximum atomic E-state index is 9.09. The van der Waals surface area contributed by atoms with Crippen LogP contribution in [0.3, 0.4) is 0 Å². The van der Waals surface area contributed by atoms with E-state index in [1.165, 1.54) is 0 Å². The van der Waals surface area contributed by atoms with E-state index in [4.69, 9.17) is 31.9 Å². The molecule has 4 atom stereocenters. The van der Waals surface area contributed by atoms with Gasteiger partial charge in [0.15, 0.2) is 0 Å². The van der Waals surface area contributed by atoms with Gasteiger partial charge in [0.05, 0.1) is 12.2 Å². The van der Waals surface area contributed by atoms with Crippen molar-refractivity contribution >= 4 is 0 Å². The van der Waals surface area contributed by atoms with Crippen LogP contribution in [0, 0.1) is 0 Å². The number of aliphatic hydroxyl groups excluding tert-OH is 4. The maximum Gasteiger partial charge on any atom is 0.110 e. The lowest BCUT2D eigenvalue weighted by atomic mass is 10.0. The van der Waals surface area contributed by atoms with Gasteiger partial charge in [-0.05, 0) is 0 Å². The second kappa shape index (κ2) is 5.41. The summed E-state index contributed by atoms with van der Waals surface area (Å²) in [6.07, 6.45) is -5.43. The van der Waals surface area contributed by atoms with Crippen molar-refractivity contribution in [3.8, 4) is 0 Å². The SMILES string of the molecule is NC[C@@H](O)[C@@H](O)[C@H](O)[C@H](O)CN. The first-order valence-electron chi connectivity index (χ1n) is 3.67. The summed E-state index contributed by atoms with van der Waals surface area (Å²) in [7, 11) is 0. The molecule has 0 heterocycles. The fourth-order valence-electron chi connectivity index (χ4n) is 0.734. The number of nitrogens with two attached hydrogens (primary N) is 2. The summed E-state index contributed by atoms with van der Waals surface area (Å²) < 4.78 is 0. The summed E-state index contributed by atoms with van der Waals surface area (Å²) in [5.74, 6) is 0. The third-order valence-electron chi connectivity index (χ3n) is 1.62. The molecule has 0 unspecified atom stereocenters. The van der Waals surface area contributed by atoms with Crippen LogP contribution in [0.2, 0.25) is 0 Å². The van der Waals surface area contributed by atoms with Gasteiger partial charge in [-0.2, -0.15) is 0 Å². The van der Waals surface area contributed by atoms with E-state index in [-0.39, 0.29) is 13.1 Å². The highest BCUT2D eigenvalue weighted by Crippen LogP contribution is 2.03. The Kier molecular flexibility index (Phi) is 5.31. The van der Waals surface area contributed by atoms with Gasteiger partial charge in [0.2, 0.25) is 0 Å². The Morgan fingerprint density at radius 1 is 0.750 bits per heavy atom. The van der Waals surface area contributed by atoms with Crippen molar-refractivity contribution in [1.82, 2.24) is 0 Å². The first kappa shape index (κ1) is 11.8. The molecule has 0 saturated carbocycles. The first-order chi connectivity index (χ1) is 5.54. The van der Waals surface area contributed by atoms with Gasteiger partial charge in [0.25, 0.3) is 0 Å². The predicted molar refractivity (Wildman–Crippen MR) is 42.1 cm³/mol. The van der Waals surface area contributed by atoms with Crippen LogP contribution in [0.1, 0.15) is 0 Å². The van der Waals surface area contributed by atoms with Crippen molar-refractivity contribution in [2.24, 2.45) is 11.5 Å². The molecule has 0 saturated heterocycles. The predicted octanol–water partition coefficient (Wildman–Crippen LogP) is -3.65. The van der Waals surface area contributed by atoms with E-state index in [0.717, 1.165) is 0 Å². The second-order valence-electron chi connectivity index (χ2n) is 2.59. The van der Waals surface area contributed by atoms with Gasteiger partial charge in [-0.1, -0.05) is 0 Å². The topological polar surface area (TPSA) is 133 Å². The van der Waals surface area contributed by atoms with Crippen molar-refractivity contribution in [2.45, 2.75) is 24.4 Å². The zero-order valence-electron chi connectivity index (χ0n) is 6.67. The van der Waals surface area contributed by atoms with Gasteiger partial charge < -0.3 is 31.9 Å². The maximum absolute atomic E-state index is 9.09. The number of hydrogen-bond donors (Lipinski definition) is 6. The van der Waals surface area contributed by atoms with Crippen LogP contribution in [-0.4, -0.2) is 57.9 Å². The smallest absolute Gasteiger partial charge is 0.110 e. The fourth-order valence-corrected chi connectivity index (χ4v) is 0.734. The minimum Gasteiger partial charge on any atom is -0.389 e. The van der Waals surface area contributed by atoms with Crippen LogP contribution < -0.4 is 11.5 Å². The summed E-state index contributed by atoms with van der Waals surface area (Å²) in [5, 5.41) is 36.1. The number of rotatable bonds is 5. The van der Waals surface area contributed by atoms with Crippen molar-refractivity contribution in [3.63, 3.8) is 0 Å². The lowest BCUT2D eigenvalue weighted by Crippen LogP contribution is -2.49. The summed E-state index contributed by atoms with van der Waals surface area (Å²) in [5.41, 5.74) is 10.0.